The number of amides is 1. The molecule has 33 heavy (non-hydrogen) atoms. The smallest absolute Gasteiger partial charge is 0.233 e. The molecule has 1 unspecified atom stereocenters. The first kappa shape index (κ1) is 23.5. The fourth-order valence-electron chi connectivity index (χ4n) is 4.82. The molecule has 4 rings (SSSR count). The van der Waals surface area contributed by atoms with Crippen LogP contribution in [0.2, 0.25) is 0 Å². The Bertz CT molecular complexity index is 1110. The number of unbranched alkanes of at least 4 members (excludes halogenated alkanes) is 2. The number of benzene rings is 1. The number of carbonyl (C=O) groups is 1. The molecule has 3 aromatic rings. The predicted molar refractivity (Wildman–Crippen MR) is 134 cm³/mol. The fourth-order valence-corrected chi connectivity index (χ4v) is 5.20. The van der Waals surface area contributed by atoms with Crippen molar-refractivity contribution in [3.8, 4) is 0 Å². The van der Waals surface area contributed by atoms with E-state index in [9.17, 15) is 4.79 Å². The lowest BCUT2D eigenvalue weighted by molar-refractivity contribution is -0.138. The minimum atomic E-state index is -0.571. The van der Waals surface area contributed by atoms with Crippen molar-refractivity contribution in [3.63, 3.8) is 0 Å². The molecular weight excluding hydrogens is 478 g/mol. The molecule has 0 fully saturated rings. The van der Waals surface area contributed by atoms with Gasteiger partial charge in [0, 0.05) is 17.8 Å². The second-order valence-corrected chi connectivity index (χ2v) is 9.81. The molecule has 0 saturated heterocycles. The summed E-state index contributed by atoms with van der Waals surface area (Å²) in [7, 11) is 0. The molecule has 1 aliphatic rings. The first-order chi connectivity index (χ1) is 15.9. The van der Waals surface area contributed by atoms with E-state index in [1.54, 1.807) is 0 Å². The van der Waals surface area contributed by atoms with Gasteiger partial charge < -0.3 is 10.6 Å². The fraction of sp³-hybridized carbons (Fsp3) is 0.423. The van der Waals surface area contributed by atoms with Crippen molar-refractivity contribution in [3.05, 3.63) is 75.6 Å². The van der Waals surface area contributed by atoms with Gasteiger partial charge in [0.25, 0.3) is 0 Å². The van der Waals surface area contributed by atoms with Gasteiger partial charge in [-0.15, -0.1) is 0 Å². The Morgan fingerprint density at radius 3 is 2.61 bits per heavy atom. The summed E-state index contributed by atoms with van der Waals surface area (Å²) >= 11 is 3.44. The van der Waals surface area contributed by atoms with Crippen LogP contribution in [-0.2, 0) is 36.3 Å². The molecule has 0 aliphatic carbocycles. The van der Waals surface area contributed by atoms with E-state index < -0.39 is 5.41 Å². The van der Waals surface area contributed by atoms with E-state index in [1.165, 1.54) is 0 Å². The lowest BCUT2D eigenvalue weighted by Crippen LogP contribution is -2.43. The number of aryl methyl sites for hydroxylation is 2. The molecule has 6 nitrogen and oxygen atoms in total. The van der Waals surface area contributed by atoms with Crippen LogP contribution in [0.25, 0.3) is 0 Å². The van der Waals surface area contributed by atoms with Crippen LogP contribution in [0.15, 0.2) is 53.1 Å². The monoisotopic (exact) mass is 509 g/mol. The Hall–Kier alpha value is -2.67. The highest BCUT2D eigenvalue weighted by atomic mass is 79.9. The number of nitrogens with two attached hydrogens (primary N) is 1. The SMILES string of the molecule is CCn1nc(N)c2c1CN(C(=O)C(C)(CCCCCc1cccc(Br)n1)c1ccccc1)C2. The van der Waals surface area contributed by atoms with Gasteiger partial charge in [-0.1, -0.05) is 49.2 Å². The van der Waals surface area contributed by atoms with Gasteiger partial charge in [-0.2, -0.15) is 5.10 Å². The van der Waals surface area contributed by atoms with Crippen molar-refractivity contribution in [1.82, 2.24) is 19.7 Å². The highest BCUT2D eigenvalue weighted by Crippen LogP contribution is 2.36. The van der Waals surface area contributed by atoms with Gasteiger partial charge in [-0.05, 0) is 66.7 Å². The molecule has 7 heteroatoms. The Balaban J connectivity index is 1.44. The van der Waals surface area contributed by atoms with Crippen molar-refractivity contribution in [2.45, 2.75) is 71.0 Å². The minimum absolute atomic E-state index is 0.167. The van der Waals surface area contributed by atoms with E-state index >= 15 is 0 Å². The van der Waals surface area contributed by atoms with Crippen molar-refractivity contribution in [2.75, 3.05) is 5.73 Å². The number of rotatable bonds is 9. The van der Waals surface area contributed by atoms with Crippen molar-refractivity contribution >= 4 is 27.7 Å². The summed E-state index contributed by atoms with van der Waals surface area (Å²) in [5.41, 5.74) is 9.82. The van der Waals surface area contributed by atoms with Gasteiger partial charge in [0.2, 0.25) is 5.91 Å². The van der Waals surface area contributed by atoms with E-state index in [4.69, 9.17) is 5.73 Å². The lowest BCUT2D eigenvalue weighted by atomic mass is 9.76. The van der Waals surface area contributed by atoms with Crippen LogP contribution in [0.1, 0.15) is 62.0 Å². The number of hydrogen-bond donors (Lipinski definition) is 1. The second kappa shape index (κ2) is 10.1. The number of anilines is 1. The van der Waals surface area contributed by atoms with E-state index in [-0.39, 0.29) is 5.91 Å². The summed E-state index contributed by atoms with van der Waals surface area (Å²) in [5.74, 6) is 0.713. The van der Waals surface area contributed by atoms with Crippen LogP contribution >= 0.6 is 15.9 Å². The number of fused-ring (bicyclic) bond motifs is 1. The summed E-state index contributed by atoms with van der Waals surface area (Å²) in [6.07, 6.45) is 4.85. The zero-order chi connectivity index (χ0) is 23.4. The standard InChI is InChI=1S/C26H32BrN5O/c1-3-32-22-18-31(17-21(22)24(28)30-32)25(33)26(2,19-11-6-4-7-12-19)16-9-5-8-13-20-14-10-15-23(27)29-20/h4,6-7,10-12,14-15H,3,5,8-9,13,16-18H2,1-2H3,(H2,28,30). The molecule has 2 aromatic heterocycles. The van der Waals surface area contributed by atoms with Gasteiger partial charge in [-0.3, -0.25) is 9.48 Å². The molecule has 174 valence electrons. The van der Waals surface area contributed by atoms with Gasteiger partial charge in [-0.25, -0.2) is 4.98 Å². The molecule has 0 saturated carbocycles. The topological polar surface area (TPSA) is 77.0 Å². The zero-order valence-electron chi connectivity index (χ0n) is 19.4. The van der Waals surface area contributed by atoms with Crippen LogP contribution < -0.4 is 5.73 Å². The summed E-state index contributed by atoms with van der Waals surface area (Å²) in [6, 6.07) is 16.2. The maximum atomic E-state index is 13.9. The number of nitrogen functional groups attached to an aromatic ring is 1. The van der Waals surface area contributed by atoms with E-state index in [1.807, 2.05) is 39.9 Å². The maximum absolute atomic E-state index is 13.9. The van der Waals surface area contributed by atoms with Crippen molar-refractivity contribution in [2.24, 2.45) is 0 Å². The third-order valence-corrected chi connectivity index (χ3v) is 7.18. The summed E-state index contributed by atoms with van der Waals surface area (Å²) < 4.78 is 2.80. The molecule has 0 spiro atoms. The molecule has 2 N–H and O–H groups in total. The number of pyridine rings is 1. The average Bonchev–Trinajstić information content (AvgIpc) is 3.39. The number of nitrogens with zero attached hydrogens (tertiary/aromatic N) is 4. The van der Waals surface area contributed by atoms with E-state index in [0.717, 1.165) is 65.8 Å². The summed E-state index contributed by atoms with van der Waals surface area (Å²) in [5, 5.41) is 4.41. The first-order valence-electron chi connectivity index (χ1n) is 11.7. The molecule has 1 aromatic carbocycles. The normalized spacial score (nSPS) is 14.8. The quantitative estimate of drug-likeness (QED) is 0.315. The first-order valence-corrected chi connectivity index (χ1v) is 12.5. The summed E-state index contributed by atoms with van der Waals surface area (Å²) in [6.45, 7) is 6.01. The maximum Gasteiger partial charge on any atom is 0.233 e. The molecular formula is C26H32BrN5O. The summed E-state index contributed by atoms with van der Waals surface area (Å²) in [4.78, 5) is 20.4. The van der Waals surface area contributed by atoms with Crippen molar-refractivity contribution in [1.29, 1.82) is 0 Å². The third-order valence-electron chi connectivity index (χ3n) is 6.74. The van der Waals surface area contributed by atoms with E-state index in [0.29, 0.717) is 18.9 Å². The van der Waals surface area contributed by atoms with Gasteiger partial charge in [0.15, 0.2) is 5.82 Å². The number of carbonyl (C=O) groups excluding carboxylic acids is 1. The predicted octanol–water partition coefficient (Wildman–Crippen LogP) is 5.25. The highest BCUT2D eigenvalue weighted by Gasteiger charge is 2.41. The van der Waals surface area contributed by atoms with E-state index in [2.05, 4.69) is 58.1 Å². The number of aromatic nitrogens is 3. The molecule has 1 atom stereocenters. The Morgan fingerprint density at radius 2 is 1.88 bits per heavy atom. The van der Waals surface area contributed by atoms with Crippen LogP contribution in [0.3, 0.4) is 0 Å². The number of halogens is 1. The number of hydrogen-bond acceptors (Lipinski definition) is 4. The van der Waals surface area contributed by atoms with Crippen LogP contribution in [-0.4, -0.2) is 25.6 Å². The Labute approximate surface area is 204 Å². The Kier molecular flexibility index (Phi) is 7.17. The van der Waals surface area contributed by atoms with Crippen LogP contribution in [0.5, 0.6) is 0 Å². The third kappa shape index (κ3) is 4.98. The molecule has 3 heterocycles. The van der Waals surface area contributed by atoms with Crippen LogP contribution in [0, 0.1) is 0 Å². The van der Waals surface area contributed by atoms with Crippen molar-refractivity contribution < 1.29 is 4.79 Å². The molecule has 0 bridgehead atoms. The largest absolute Gasteiger partial charge is 0.382 e. The van der Waals surface area contributed by atoms with Gasteiger partial charge >= 0.3 is 0 Å². The molecule has 1 aliphatic heterocycles. The lowest BCUT2D eigenvalue weighted by Gasteiger charge is -2.33. The van der Waals surface area contributed by atoms with Gasteiger partial charge in [0.05, 0.1) is 24.2 Å². The highest BCUT2D eigenvalue weighted by molar-refractivity contribution is 9.10. The average molecular weight is 510 g/mol. The van der Waals surface area contributed by atoms with Crippen LogP contribution in [0.4, 0.5) is 5.82 Å². The van der Waals surface area contributed by atoms with Gasteiger partial charge in [0.1, 0.15) is 4.60 Å². The molecule has 0 radical (unpaired) electrons. The second-order valence-electron chi connectivity index (χ2n) is 9.00. The zero-order valence-corrected chi connectivity index (χ0v) is 21.0. The molecule has 1 amide bonds. The minimum Gasteiger partial charge on any atom is -0.382 e. The Morgan fingerprint density at radius 1 is 1.09 bits per heavy atom.